The Balaban J connectivity index is 1.84. The second kappa shape index (κ2) is 11.7. The van der Waals surface area contributed by atoms with Crippen molar-refractivity contribution in [1.29, 1.82) is 0 Å². The molecule has 2 amide bonds. The molecular weight excluding hydrogens is 436 g/mol. The molecule has 0 N–H and O–H groups in total. The first-order valence-corrected chi connectivity index (χ1v) is 11.4. The highest BCUT2D eigenvalue weighted by Gasteiger charge is 2.33. The van der Waals surface area contributed by atoms with Crippen molar-refractivity contribution in [2.24, 2.45) is 5.92 Å². The molecule has 1 heterocycles. The van der Waals surface area contributed by atoms with E-state index in [0.29, 0.717) is 42.7 Å². The average molecular weight is 471 g/mol. The van der Waals surface area contributed by atoms with Crippen molar-refractivity contribution in [3.63, 3.8) is 0 Å². The zero-order valence-corrected chi connectivity index (χ0v) is 20.6. The Labute approximate surface area is 201 Å². The summed E-state index contributed by atoms with van der Waals surface area (Å²) in [5.74, 6) is 1.45. The maximum Gasteiger partial charge on any atom is 0.258 e. The Hall–Kier alpha value is -3.26. The fraction of sp³-hybridized carbons (Fsp3) is 0.462. The fourth-order valence-electron chi connectivity index (χ4n) is 4.06. The fourth-order valence-corrected chi connectivity index (χ4v) is 4.06. The van der Waals surface area contributed by atoms with E-state index in [1.807, 2.05) is 24.3 Å². The summed E-state index contributed by atoms with van der Waals surface area (Å²) in [5, 5.41) is 0. The molecule has 1 fully saturated rings. The minimum absolute atomic E-state index is 0.0229. The number of nitrogens with zero attached hydrogens (tertiary/aromatic N) is 2. The monoisotopic (exact) mass is 470 g/mol. The summed E-state index contributed by atoms with van der Waals surface area (Å²) in [6.45, 7) is 5.75. The molecule has 1 aliphatic rings. The zero-order chi connectivity index (χ0) is 24.7. The molecule has 184 valence electrons. The molecule has 3 rings (SSSR count). The maximum absolute atomic E-state index is 13.5. The van der Waals surface area contributed by atoms with Gasteiger partial charge in [-0.25, -0.2) is 0 Å². The lowest BCUT2D eigenvalue weighted by atomic mass is 10.1. The van der Waals surface area contributed by atoms with Gasteiger partial charge in [0.2, 0.25) is 5.91 Å². The maximum atomic E-state index is 13.5. The Morgan fingerprint density at radius 1 is 1.03 bits per heavy atom. The second-order valence-electron chi connectivity index (χ2n) is 8.70. The van der Waals surface area contributed by atoms with Gasteiger partial charge in [-0.1, -0.05) is 32.0 Å². The van der Waals surface area contributed by atoms with Gasteiger partial charge in [-0.3, -0.25) is 9.59 Å². The van der Waals surface area contributed by atoms with E-state index in [2.05, 4.69) is 13.8 Å². The highest BCUT2D eigenvalue weighted by atomic mass is 16.5. The Kier molecular flexibility index (Phi) is 8.76. The number of carbonyl (C=O) groups excluding carboxylic acids is 2. The van der Waals surface area contributed by atoms with Crippen LogP contribution in [0, 0.1) is 5.92 Å². The van der Waals surface area contributed by atoms with Crippen molar-refractivity contribution in [3.8, 4) is 17.2 Å². The minimum Gasteiger partial charge on any atom is -0.497 e. The first-order chi connectivity index (χ1) is 16.4. The van der Waals surface area contributed by atoms with Crippen LogP contribution in [0.1, 0.15) is 29.8 Å². The lowest BCUT2D eigenvalue weighted by Crippen LogP contribution is -2.40. The molecule has 0 unspecified atom stereocenters. The van der Waals surface area contributed by atoms with Gasteiger partial charge in [0.15, 0.2) is 11.5 Å². The molecule has 1 atom stereocenters. The van der Waals surface area contributed by atoms with E-state index in [-0.39, 0.29) is 31.0 Å². The molecule has 8 heteroatoms. The molecule has 8 nitrogen and oxygen atoms in total. The highest BCUT2D eigenvalue weighted by molar-refractivity contribution is 5.99. The third-order valence-corrected chi connectivity index (χ3v) is 5.65. The number of ether oxygens (including phenoxy) is 4. The van der Waals surface area contributed by atoms with Crippen molar-refractivity contribution in [3.05, 3.63) is 53.6 Å². The van der Waals surface area contributed by atoms with Crippen molar-refractivity contribution in [1.82, 2.24) is 9.80 Å². The molecule has 0 saturated carbocycles. The molecule has 0 aromatic heterocycles. The van der Waals surface area contributed by atoms with Crippen LogP contribution in [0.25, 0.3) is 0 Å². The Bertz CT molecular complexity index is 993. The molecule has 34 heavy (non-hydrogen) atoms. The highest BCUT2D eigenvalue weighted by Crippen LogP contribution is 2.32. The van der Waals surface area contributed by atoms with Gasteiger partial charge in [-0.2, -0.15) is 0 Å². The van der Waals surface area contributed by atoms with E-state index in [1.54, 1.807) is 30.2 Å². The number of amides is 2. The Morgan fingerprint density at radius 3 is 2.47 bits per heavy atom. The summed E-state index contributed by atoms with van der Waals surface area (Å²) >= 11 is 0. The van der Waals surface area contributed by atoms with Gasteiger partial charge in [0.25, 0.3) is 5.91 Å². The van der Waals surface area contributed by atoms with E-state index in [9.17, 15) is 9.59 Å². The van der Waals surface area contributed by atoms with E-state index in [1.165, 1.54) is 19.1 Å². The number of para-hydroxylation sites is 1. The van der Waals surface area contributed by atoms with Crippen molar-refractivity contribution in [2.75, 3.05) is 47.5 Å². The first kappa shape index (κ1) is 25.4. The van der Waals surface area contributed by atoms with Gasteiger partial charge in [-0.15, -0.1) is 0 Å². The Morgan fingerprint density at radius 2 is 1.79 bits per heavy atom. The molecule has 1 aliphatic heterocycles. The molecule has 0 aliphatic carbocycles. The summed E-state index contributed by atoms with van der Waals surface area (Å²) in [7, 11) is 4.64. The number of methoxy groups -OCH3 is 3. The zero-order valence-electron chi connectivity index (χ0n) is 20.6. The van der Waals surface area contributed by atoms with E-state index < -0.39 is 0 Å². The van der Waals surface area contributed by atoms with Crippen LogP contribution in [-0.4, -0.2) is 75.2 Å². The van der Waals surface area contributed by atoms with Gasteiger partial charge in [0.05, 0.1) is 39.6 Å². The van der Waals surface area contributed by atoms with Gasteiger partial charge in [0.1, 0.15) is 12.3 Å². The smallest absolute Gasteiger partial charge is 0.258 e. The average Bonchev–Trinajstić information content (AvgIpc) is 2.99. The summed E-state index contributed by atoms with van der Waals surface area (Å²) in [5.41, 5.74) is 1.30. The lowest BCUT2D eigenvalue weighted by Gasteiger charge is -2.26. The van der Waals surface area contributed by atoms with E-state index in [4.69, 9.17) is 18.9 Å². The molecule has 2 aromatic rings. The summed E-state index contributed by atoms with van der Waals surface area (Å²) in [4.78, 5) is 29.9. The van der Waals surface area contributed by atoms with Gasteiger partial charge >= 0.3 is 0 Å². The number of benzene rings is 2. The number of hydrogen-bond donors (Lipinski definition) is 0. The number of hydrogen-bond acceptors (Lipinski definition) is 6. The van der Waals surface area contributed by atoms with Crippen LogP contribution in [-0.2, 0) is 16.1 Å². The molecule has 1 saturated heterocycles. The quantitative estimate of drug-likeness (QED) is 0.560. The van der Waals surface area contributed by atoms with Crippen LogP contribution in [0.5, 0.6) is 17.2 Å². The predicted octanol–water partition coefficient (Wildman–Crippen LogP) is 3.24. The lowest BCUT2D eigenvalue weighted by molar-refractivity contribution is -0.132. The van der Waals surface area contributed by atoms with Crippen LogP contribution < -0.4 is 14.2 Å². The first-order valence-electron chi connectivity index (χ1n) is 11.4. The summed E-state index contributed by atoms with van der Waals surface area (Å²) in [6, 6.07) is 12.8. The van der Waals surface area contributed by atoms with Crippen LogP contribution in [0.4, 0.5) is 0 Å². The molecule has 0 bridgehead atoms. The third kappa shape index (κ3) is 6.20. The topological polar surface area (TPSA) is 77.5 Å². The molecule has 0 radical (unpaired) electrons. The SMILES string of the molecule is COc1cccc(CO[C@H]2CN(CC(C)C)C(=O)CN(C(=O)c3cccc(OC)c3OC)C2)c1. The molecule has 0 spiro atoms. The third-order valence-electron chi connectivity index (χ3n) is 5.65. The van der Waals surface area contributed by atoms with Crippen molar-refractivity contribution >= 4 is 11.8 Å². The standard InChI is InChI=1S/C26H34N2O6/c1-18(2)13-27-14-21(34-17-19-8-6-9-20(12-19)31-3)15-28(16-24(27)29)26(30)22-10-7-11-23(32-4)25(22)33-5/h6-12,18,21H,13-17H2,1-5H3/t21-/m0/s1. The minimum atomic E-state index is -0.350. The van der Waals surface area contributed by atoms with E-state index >= 15 is 0 Å². The largest absolute Gasteiger partial charge is 0.497 e. The van der Waals surface area contributed by atoms with Gasteiger partial charge in [0, 0.05) is 19.6 Å². The van der Waals surface area contributed by atoms with Gasteiger partial charge in [-0.05, 0) is 35.7 Å². The van der Waals surface area contributed by atoms with Crippen LogP contribution in [0.2, 0.25) is 0 Å². The van der Waals surface area contributed by atoms with Crippen LogP contribution in [0.3, 0.4) is 0 Å². The number of carbonyl (C=O) groups is 2. The van der Waals surface area contributed by atoms with E-state index in [0.717, 1.165) is 11.3 Å². The molecule has 2 aromatic carbocycles. The van der Waals surface area contributed by atoms with Crippen LogP contribution in [0.15, 0.2) is 42.5 Å². The second-order valence-corrected chi connectivity index (χ2v) is 8.70. The number of rotatable bonds is 9. The molecular formula is C26H34N2O6. The van der Waals surface area contributed by atoms with Crippen LogP contribution >= 0.6 is 0 Å². The van der Waals surface area contributed by atoms with Crippen molar-refractivity contribution < 1.29 is 28.5 Å². The van der Waals surface area contributed by atoms with Crippen molar-refractivity contribution in [2.45, 2.75) is 26.6 Å². The normalized spacial score (nSPS) is 16.4. The summed E-state index contributed by atoms with van der Waals surface area (Å²) in [6.07, 6.45) is -0.350. The summed E-state index contributed by atoms with van der Waals surface area (Å²) < 4.78 is 22.3. The van der Waals surface area contributed by atoms with Gasteiger partial charge < -0.3 is 28.7 Å². The predicted molar refractivity (Wildman–Crippen MR) is 128 cm³/mol.